The Bertz CT molecular complexity index is 639. The highest BCUT2D eigenvalue weighted by Crippen LogP contribution is 2.31. The number of sulfone groups is 1. The lowest BCUT2D eigenvalue weighted by molar-refractivity contribution is -0.131. The first-order chi connectivity index (χ1) is 7.92. The lowest BCUT2D eigenvalue weighted by Gasteiger charge is -2.02. The molecule has 17 heavy (non-hydrogen) atoms. The summed E-state index contributed by atoms with van der Waals surface area (Å²) in [5, 5.41) is 10.3. The minimum Gasteiger partial charge on any atom is -0.477 e. The molecular formula is C11H7ClO4S. The molecule has 0 unspecified atom stereocenters. The zero-order valence-electron chi connectivity index (χ0n) is 8.42. The highest BCUT2D eigenvalue weighted by Gasteiger charge is 2.30. The molecular weight excluding hydrogens is 264 g/mol. The fourth-order valence-electron chi connectivity index (χ4n) is 1.55. The van der Waals surface area contributed by atoms with E-state index in [0.717, 1.165) is 5.41 Å². The average molecular weight is 271 g/mol. The van der Waals surface area contributed by atoms with Crippen LogP contribution >= 0.6 is 11.6 Å². The summed E-state index contributed by atoms with van der Waals surface area (Å²) >= 11 is 5.70. The second kappa shape index (κ2) is 4.01. The van der Waals surface area contributed by atoms with Crippen molar-refractivity contribution >= 4 is 33.0 Å². The van der Waals surface area contributed by atoms with Crippen molar-refractivity contribution < 1.29 is 18.3 Å². The molecule has 1 heterocycles. The van der Waals surface area contributed by atoms with Crippen LogP contribution in [0.5, 0.6) is 0 Å². The summed E-state index contributed by atoms with van der Waals surface area (Å²) in [6, 6.07) is 6.29. The van der Waals surface area contributed by atoms with Crippen LogP contribution in [-0.4, -0.2) is 19.5 Å². The van der Waals surface area contributed by atoms with Crippen molar-refractivity contribution in [2.24, 2.45) is 0 Å². The summed E-state index contributed by atoms with van der Waals surface area (Å²) < 4.78 is 23.0. The van der Waals surface area contributed by atoms with E-state index in [-0.39, 0.29) is 5.57 Å². The molecule has 1 N–H and O–H groups in total. The minimum absolute atomic E-state index is 0.175. The summed E-state index contributed by atoms with van der Waals surface area (Å²) in [7, 11) is -3.83. The van der Waals surface area contributed by atoms with Gasteiger partial charge in [0.1, 0.15) is 0 Å². The van der Waals surface area contributed by atoms with Crippen molar-refractivity contribution in [3.05, 3.63) is 51.2 Å². The molecule has 4 nitrogen and oxygen atoms in total. The molecule has 0 fully saturated rings. The second-order valence-corrected chi connectivity index (χ2v) is 5.61. The van der Waals surface area contributed by atoms with Crippen molar-refractivity contribution in [3.8, 4) is 0 Å². The molecule has 0 bridgehead atoms. The number of halogens is 1. The molecule has 0 spiro atoms. The highest BCUT2D eigenvalue weighted by atomic mass is 35.5. The SMILES string of the molecule is O=C(O)C1=C(c2ccc(Cl)cc2)C=CS1(=O)=O. The normalized spacial score (nSPS) is 17.5. The van der Waals surface area contributed by atoms with Crippen LogP contribution in [0.2, 0.25) is 5.02 Å². The topological polar surface area (TPSA) is 71.4 Å². The lowest BCUT2D eigenvalue weighted by atomic mass is 10.1. The smallest absolute Gasteiger partial charge is 0.348 e. The second-order valence-electron chi connectivity index (χ2n) is 3.40. The van der Waals surface area contributed by atoms with E-state index in [1.54, 1.807) is 24.3 Å². The lowest BCUT2D eigenvalue weighted by Crippen LogP contribution is -2.09. The summed E-state index contributed by atoms with van der Waals surface area (Å²) in [6.45, 7) is 0. The van der Waals surface area contributed by atoms with Gasteiger partial charge in [0.25, 0.3) is 0 Å². The largest absolute Gasteiger partial charge is 0.477 e. The van der Waals surface area contributed by atoms with E-state index >= 15 is 0 Å². The number of aliphatic carboxylic acids is 1. The number of carboxylic acids is 1. The van der Waals surface area contributed by atoms with Crippen LogP contribution in [0.15, 0.2) is 40.7 Å². The van der Waals surface area contributed by atoms with Gasteiger partial charge in [0.15, 0.2) is 4.91 Å². The average Bonchev–Trinajstić information content (AvgIpc) is 2.55. The van der Waals surface area contributed by atoms with Gasteiger partial charge in [0.05, 0.1) is 0 Å². The third kappa shape index (κ3) is 2.11. The van der Waals surface area contributed by atoms with Crippen molar-refractivity contribution in [3.63, 3.8) is 0 Å². The molecule has 88 valence electrons. The molecule has 0 saturated carbocycles. The van der Waals surface area contributed by atoms with Crippen LogP contribution < -0.4 is 0 Å². The number of hydrogen-bond acceptors (Lipinski definition) is 3. The number of rotatable bonds is 2. The number of benzene rings is 1. The monoisotopic (exact) mass is 270 g/mol. The van der Waals surface area contributed by atoms with Crippen molar-refractivity contribution in [1.82, 2.24) is 0 Å². The van der Waals surface area contributed by atoms with E-state index in [1.165, 1.54) is 6.08 Å². The predicted molar refractivity (Wildman–Crippen MR) is 64.1 cm³/mol. The number of carboxylic acid groups (broad SMARTS) is 1. The Morgan fingerprint density at radius 1 is 1.18 bits per heavy atom. The van der Waals surface area contributed by atoms with Gasteiger partial charge in [-0.2, -0.15) is 0 Å². The van der Waals surface area contributed by atoms with Crippen LogP contribution in [0.4, 0.5) is 0 Å². The highest BCUT2D eigenvalue weighted by molar-refractivity contribution is 7.99. The zero-order valence-corrected chi connectivity index (χ0v) is 9.99. The van der Waals surface area contributed by atoms with Gasteiger partial charge in [0.2, 0.25) is 9.84 Å². The van der Waals surface area contributed by atoms with E-state index in [4.69, 9.17) is 16.7 Å². The maximum atomic E-state index is 11.5. The van der Waals surface area contributed by atoms with Gasteiger partial charge in [-0.15, -0.1) is 0 Å². The summed E-state index contributed by atoms with van der Waals surface area (Å²) in [5.41, 5.74) is 0.679. The van der Waals surface area contributed by atoms with E-state index in [0.29, 0.717) is 10.6 Å². The molecule has 0 aliphatic carbocycles. The Morgan fingerprint density at radius 2 is 1.76 bits per heavy atom. The first-order valence-corrected chi connectivity index (χ1v) is 6.51. The van der Waals surface area contributed by atoms with Crippen molar-refractivity contribution in [2.75, 3.05) is 0 Å². The maximum absolute atomic E-state index is 11.5. The Balaban J connectivity index is 2.65. The molecule has 0 atom stereocenters. The first kappa shape index (κ1) is 11.9. The summed E-state index contributed by atoms with van der Waals surface area (Å²) in [5.74, 6) is -1.46. The summed E-state index contributed by atoms with van der Waals surface area (Å²) in [6.07, 6.45) is 1.28. The van der Waals surface area contributed by atoms with Crippen molar-refractivity contribution in [2.45, 2.75) is 0 Å². The van der Waals surface area contributed by atoms with Gasteiger partial charge < -0.3 is 5.11 Å². The number of carbonyl (C=O) groups is 1. The molecule has 1 aliphatic rings. The quantitative estimate of drug-likeness (QED) is 0.893. The minimum atomic E-state index is -3.83. The van der Waals surface area contributed by atoms with Gasteiger partial charge in [-0.25, -0.2) is 13.2 Å². The fourth-order valence-corrected chi connectivity index (χ4v) is 2.86. The van der Waals surface area contributed by atoms with E-state index in [1.807, 2.05) is 0 Å². The fraction of sp³-hybridized carbons (Fsp3) is 0. The van der Waals surface area contributed by atoms with Crippen LogP contribution in [0, 0.1) is 0 Å². The maximum Gasteiger partial charge on any atom is 0.348 e. The van der Waals surface area contributed by atoms with Crippen LogP contribution in [0.3, 0.4) is 0 Å². The van der Waals surface area contributed by atoms with E-state index < -0.39 is 20.7 Å². The summed E-state index contributed by atoms with van der Waals surface area (Å²) in [4.78, 5) is 10.4. The van der Waals surface area contributed by atoms with Crippen LogP contribution in [0.1, 0.15) is 5.56 Å². The molecule has 0 radical (unpaired) electrons. The van der Waals surface area contributed by atoms with Gasteiger partial charge in [0, 0.05) is 16.0 Å². The van der Waals surface area contributed by atoms with Crippen LogP contribution in [0.25, 0.3) is 5.57 Å². The van der Waals surface area contributed by atoms with E-state index in [2.05, 4.69) is 0 Å². The van der Waals surface area contributed by atoms with Gasteiger partial charge in [-0.3, -0.25) is 0 Å². The van der Waals surface area contributed by atoms with Gasteiger partial charge in [-0.05, 0) is 23.8 Å². The molecule has 1 aliphatic heterocycles. The molecule has 1 aromatic rings. The zero-order chi connectivity index (χ0) is 12.6. The van der Waals surface area contributed by atoms with Gasteiger partial charge >= 0.3 is 5.97 Å². The molecule has 0 saturated heterocycles. The predicted octanol–water partition coefficient (Wildman–Crippen LogP) is 2.08. The third-order valence-electron chi connectivity index (χ3n) is 2.29. The third-order valence-corrected chi connectivity index (χ3v) is 4.00. The Kier molecular flexibility index (Phi) is 2.81. The Hall–Kier alpha value is -1.59. The molecule has 0 amide bonds. The molecule has 0 aromatic heterocycles. The van der Waals surface area contributed by atoms with Crippen molar-refractivity contribution in [1.29, 1.82) is 0 Å². The Morgan fingerprint density at radius 3 is 2.29 bits per heavy atom. The van der Waals surface area contributed by atoms with Crippen LogP contribution in [-0.2, 0) is 14.6 Å². The van der Waals surface area contributed by atoms with E-state index in [9.17, 15) is 13.2 Å². The molecule has 6 heteroatoms. The molecule has 1 aromatic carbocycles. The number of hydrogen-bond donors (Lipinski definition) is 1. The standard InChI is InChI=1S/C11H7ClO4S/c12-8-3-1-7(2-4-8)9-5-6-17(15,16)10(9)11(13)14/h1-6H,(H,13,14). The van der Waals surface area contributed by atoms with Gasteiger partial charge in [-0.1, -0.05) is 23.7 Å². The number of allylic oxidation sites excluding steroid dienone is 2. The first-order valence-electron chi connectivity index (χ1n) is 4.58. The molecule has 2 rings (SSSR count). The Labute approximate surface area is 103 Å².